The largest absolute Gasteiger partial charge is 0.265 e. The summed E-state index contributed by atoms with van der Waals surface area (Å²) in [5.41, 5.74) is 4.23. The van der Waals surface area contributed by atoms with Crippen LogP contribution in [0.25, 0.3) is 5.57 Å². The minimum atomic E-state index is 0.532. The van der Waals surface area contributed by atoms with E-state index < -0.39 is 0 Å². The molecule has 0 fully saturated rings. The molecule has 0 saturated carbocycles. The van der Waals surface area contributed by atoms with Gasteiger partial charge in [0.2, 0.25) is 0 Å². The highest BCUT2D eigenvalue weighted by atomic mass is 14.6. The number of rotatable bonds is 2. The molecular weight excluding hydrogens is 218 g/mol. The van der Waals surface area contributed by atoms with Crippen molar-refractivity contribution < 1.29 is 0 Å². The number of benzene rings is 1. The zero-order valence-electron chi connectivity index (χ0n) is 10.4. The number of hydrogen-bond acceptors (Lipinski definition) is 1. The van der Waals surface area contributed by atoms with Crippen molar-refractivity contribution in [3.63, 3.8) is 0 Å². The Labute approximate surface area is 108 Å². The Kier molecular flexibility index (Phi) is 3.22. The number of aromatic nitrogens is 1. The monoisotopic (exact) mass is 235 g/mol. The van der Waals surface area contributed by atoms with Crippen LogP contribution in [0.15, 0.2) is 60.9 Å². The summed E-state index contributed by atoms with van der Waals surface area (Å²) in [4.78, 5) is 4.12. The van der Waals surface area contributed by atoms with Crippen LogP contribution in [0.3, 0.4) is 0 Å². The van der Waals surface area contributed by atoms with Crippen molar-refractivity contribution in [2.75, 3.05) is 0 Å². The molecular formula is C17H17N. The molecule has 1 heterocycles. The standard InChI is InChI=1S/C17H17N/c1-2-6-14(7-3-1)16-8-4-5-9-17(16)15-10-12-18-13-11-15/h1-3,6-8,10-13,17H,4-5,9H2. The summed E-state index contributed by atoms with van der Waals surface area (Å²) in [5.74, 6) is 0.532. The van der Waals surface area contributed by atoms with E-state index in [1.165, 1.54) is 36.0 Å². The molecule has 1 aliphatic rings. The third-order valence-corrected chi connectivity index (χ3v) is 3.65. The van der Waals surface area contributed by atoms with Crippen molar-refractivity contribution in [2.24, 2.45) is 0 Å². The lowest BCUT2D eigenvalue weighted by molar-refractivity contribution is 0.668. The summed E-state index contributed by atoms with van der Waals surface area (Å²) in [5, 5.41) is 0. The molecule has 1 aromatic carbocycles. The second-order valence-corrected chi connectivity index (χ2v) is 4.79. The van der Waals surface area contributed by atoms with Gasteiger partial charge in [-0.2, -0.15) is 0 Å². The van der Waals surface area contributed by atoms with Crippen LogP contribution in [0.5, 0.6) is 0 Å². The molecule has 0 aliphatic heterocycles. The van der Waals surface area contributed by atoms with Gasteiger partial charge in [0, 0.05) is 18.3 Å². The Bertz CT molecular complexity index is 528. The van der Waals surface area contributed by atoms with Crippen LogP contribution >= 0.6 is 0 Å². The second kappa shape index (κ2) is 5.18. The first-order valence-electron chi connectivity index (χ1n) is 6.60. The summed E-state index contributed by atoms with van der Waals surface area (Å²) < 4.78 is 0. The van der Waals surface area contributed by atoms with Gasteiger partial charge in [0.1, 0.15) is 0 Å². The van der Waals surface area contributed by atoms with Crippen LogP contribution in [0.1, 0.15) is 36.3 Å². The van der Waals surface area contributed by atoms with Gasteiger partial charge in [-0.05, 0) is 48.1 Å². The van der Waals surface area contributed by atoms with E-state index in [0.717, 1.165) is 0 Å². The summed E-state index contributed by atoms with van der Waals surface area (Å²) in [6, 6.07) is 15.0. The Hall–Kier alpha value is -1.89. The molecule has 1 atom stereocenters. The zero-order valence-corrected chi connectivity index (χ0v) is 10.4. The minimum absolute atomic E-state index is 0.532. The van der Waals surface area contributed by atoms with Gasteiger partial charge in [-0.1, -0.05) is 36.4 Å². The summed E-state index contributed by atoms with van der Waals surface area (Å²) in [7, 11) is 0. The van der Waals surface area contributed by atoms with Crippen LogP contribution in [-0.2, 0) is 0 Å². The Morgan fingerprint density at radius 1 is 0.944 bits per heavy atom. The Morgan fingerprint density at radius 3 is 2.50 bits per heavy atom. The Balaban J connectivity index is 1.99. The van der Waals surface area contributed by atoms with E-state index in [-0.39, 0.29) is 0 Å². The molecule has 90 valence electrons. The molecule has 0 N–H and O–H groups in total. The summed E-state index contributed by atoms with van der Waals surface area (Å²) in [6.07, 6.45) is 9.92. The first kappa shape index (κ1) is 11.2. The van der Waals surface area contributed by atoms with Crippen molar-refractivity contribution in [3.05, 3.63) is 72.1 Å². The van der Waals surface area contributed by atoms with Crippen LogP contribution in [0.4, 0.5) is 0 Å². The number of pyridine rings is 1. The zero-order chi connectivity index (χ0) is 12.2. The SMILES string of the molecule is C1=C(c2ccccc2)C(c2ccncc2)CCC1. The van der Waals surface area contributed by atoms with E-state index >= 15 is 0 Å². The van der Waals surface area contributed by atoms with Gasteiger partial charge in [-0.25, -0.2) is 0 Å². The molecule has 0 bridgehead atoms. The lowest BCUT2D eigenvalue weighted by Crippen LogP contribution is -2.06. The molecule has 1 heteroatoms. The predicted octanol–water partition coefficient (Wildman–Crippen LogP) is 4.43. The van der Waals surface area contributed by atoms with E-state index in [1.807, 2.05) is 12.4 Å². The van der Waals surface area contributed by atoms with Crippen LogP contribution in [0.2, 0.25) is 0 Å². The molecule has 3 rings (SSSR count). The molecule has 0 spiro atoms. The van der Waals surface area contributed by atoms with Gasteiger partial charge >= 0.3 is 0 Å². The summed E-state index contributed by atoms with van der Waals surface area (Å²) in [6.45, 7) is 0. The fraction of sp³-hybridized carbons (Fsp3) is 0.235. The first-order chi connectivity index (χ1) is 8.95. The van der Waals surface area contributed by atoms with E-state index in [9.17, 15) is 0 Å². The first-order valence-corrected chi connectivity index (χ1v) is 6.60. The van der Waals surface area contributed by atoms with Crippen molar-refractivity contribution in [3.8, 4) is 0 Å². The average molecular weight is 235 g/mol. The quantitative estimate of drug-likeness (QED) is 0.750. The highest BCUT2D eigenvalue weighted by Crippen LogP contribution is 2.39. The van der Waals surface area contributed by atoms with Gasteiger partial charge in [0.05, 0.1) is 0 Å². The summed E-state index contributed by atoms with van der Waals surface area (Å²) >= 11 is 0. The number of hydrogen-bond donors (Lipinski definition) is 0. The third kappa shape index (κ3) is 2.21. The van der Waals surface area contributed by atoms with Crippen LogP contribution in [-0.4, -0.2) is 4.98 Å². The molecule has 0 amide bonds. The maximum absolute atomic E-state index is 4.12. The van der Waals surface area contributed by atoms with Crippen molar-refractivity contribution in [2.45, 2.75) is 25.2 Å². The maximum Gasteiger partial charge on any atom is 0.0270 e. The van der Waals surface area contributed by atoms with Gasteiger partial charge in [0.15, 0.2) is 0 Å². The van der Waals surface area contributed by atoms with Crippen LogP contribution < -0.4 is 0 Å². The maximum atomic E-state index is 4.12. The topological polar surface area (TPSA) is 12.9 Å². The minimum Gasteiger partial charge on any atom is -0.265 e. The van der Waals surface area contributed by atoms with E-state index in [0.29, 0.717) is 5.92 Å². The lowest BCUT2D eigenvalue weighted by atomic mass is 9.80. The number of allylic oxidation sites excluding steroid dienone is 2. The molecule has 0 saturated heterocycles. The van der Waals surface area contributed by atoms with E-state index in [1.54, 1.807) is 0 Å². The van der Waals surface area contributed by atoms with Gasteiger partial charge in [-0.15, -0.1) is 0 Å². The normalized spacial score (nSPS) is 19.3. The van der Waals surface area contributed by atoms with E-state index in [2.05, 4.69) is 53.5 Å². The predicted molar refractivity (Wildman–Crippen MR) is 75.2 cm³/mol. The van der Waals surface area contributed by atoms with Gasteiger partial charge in [0.25, 0.3) is 0 Å². The number of nitrogens with zero attached hydrogens (tertiary/aromatic N) is 1. The van der Waals surface area contributed by atoms with E-state index in [4.69, 9.17) is 0 Å². The van der Waals surface area contributed by atoms with Crippen molar-refractivity contribution >= 4 is 5.57 Å². The molecule has 1 nitrogen and oxygen atoms in total. The molecule has 1 unspecified atom stereocenters. The molecule has 18 heavy (non-hydrogen) atoms. The Morgan fingerprint density at radius 2 is 1.72 bits per heavy atom. The van der Waals surface area contributed by atoms with Crippen molar-refractivity contribution in [1.82, 2.24) is 4.98 Å². The molecule has 2 aromatic rings. The lowest BCUT2D eigenvalue weighted by Gasteiger charge is -2.25. The van der Waals surface area contributed by atoms with Gasteiger partial charge < -0.3 is 0 Å². The van der Waals surface area contributed by atoms with Gasteiger partial charge in [-0.3, -0.25) is 4.98 Å². The second-order valence-electron chi connectivity index (χ2n) is 4.79. The fourth-order valence-corrected chi connectivity index (χ4v) is 2.77. The molecule has 0 radical (unpaired) electrons. The average Bonchev–Trinajstić information content (AvgIpc) is 2.49. The highest BCUT2D eigenvalue weighted by Gasteiger charge is 2.20. The highest BCUT2D eigenvalue weighted by molar-refractivity contribution is 5.72. The van der Waals surface area contributed by atoms with Crippen molar-refractivity contribution in [1.29, 1.82) is 0 Å². The molecule has 1 aliphatic carbocycles. The fourth-order valence-electron chi connectivity index (χ4n) is 2.77. The smallest absolute Gasteiger partial charge is 0.0270 e. The molecule has 1 aromatic heterocycles. The van der Waals surface area contributed by atoms with Crippen LogP contribution in [0, 0.1) is 0 Å². The third-order valence-electron chi connectivity index (χ3n) is 3.65.